The van der Waals surface area contributed by atoms with Gasteiger partial charge in [0.15, 0.2) is 6.04 Å². The molecule has 0 heterocycles. The summed E-state index contributed by atoms with van der Waals surface area (Å²) in [5, 5.41) is 22.5. The summed E-state index contributed by atoms with van der Waals surface area (Å²) in [4.78, 5) is 23.9. The van der Waals surface area contributed by atoms with E-state index < -0.39 is 18.1 Å². The number of carboxylic acid groups (broad SMARTS) is 1. The number of hydrogen-bond donors (Lipinski definition) is 3. The maximum absolute atomic E-state index is 12.3. The van der Waals surface area contributed by atoms with Crippen LogP contribution in [0.5, 0.6) is 0 Å². The maximum atomic E-state index is 12.3. The minimum absolute atomic E-state index is 0.253. The molecule has 5 nitrogen and oxygen atoms in total. The van der Waals surface area contributed by atoms with Gasteiger partial charge in [-0.2, -0.15) is 0 Å². The molecule has 0 radical (unpaired) electrons. The third-order valence-corrected chi connectivity index (χ3v) is 8.58. The first kappa shape index (κ1) is 39.9. The van der Waals surface area contributed by atoms with Crippen molar-refractivity contribution in [3.05, 3.63) is 0 Å². The van der Waals surface area contributed by atoms with Crippen LogP contribution in [0.4, 0.5) is 0 Å². The first-order chi connectivity index (χ1) is 20.0. The van der Waals surface area contributed by atoms with Crippen molar-refractivity contribution in [1.82, 2.24) is 5.32 Å². The monoisotopic (exact) mass is 582 g/mol. The fourth-order valence-corrected chi connectivity index (χ4v) is 5.76. The van der Waals surface area contributed by atoms with E-state index in [1.807, 2.05) is 0 Å². The minimum Gasteiger partial charge on any atom is -0.480 e. The number of carbonyl (C=O) groups excluding carboxylic acids is 1. The molecule has 0 bridgehead atoms. The summed E-state index contributed by atoms with van der Waals surface area (Å²) < 4.78 is 0. The van der Waals surface area contributed by atoms with Gasteiger partial charge in [0.2, 0.25) is 5.91 Å². The summed E-state index contributed by atoms with van der Waals surface area (Å²) >= 11 is 0. The lowest BCUT2D eigenvalue weighted by Crippen LogP contribution is -2.48. The van der Waals surface area contributed by atoms with Crippen LogP contribution in [0.2, 0.25) is 0 Å². The normalized spacial score (nSPS) is 12.9. The molecule has 0 spiro atoms. The van der Waals surface area contributed by atoms with E-state index in [2.05, 4.69) is 19.2 Å². The molecule has 0 saturated heterocycles. The number of carboxylic acids is 1. The van der Waals surface area contributed by atoms with Gasteiger partial charge in [-0.1, -0.05) is 187 Å². The lowest BCUT2D eigenvalue weighted by atomic mass is 10.0. The Bertz CT molecular complexity index is 568. The Hall–Kier alpha value is -1.10. The molecule has 5 heteroatoms. The van der Waals surface area contributed by atoms with Crippen molar-refractivity contribution in [1.29, 1.82) is 0 Å². The van der Waals surface area contributed by atoms with Gasteiger partial charge in [0.25, 0.3) is 0 Å². The molecule has 3 N–H and O–H groups in total. The number of aliphatic carboxylic acids is 1. The Kier molecular flexibility index (Phi) is 31.0. The summed E-state index contributed by atoms with van der Waals surface area (Å²) in [5.74, 6) is -1.39. The SMILES string of the molecule is CCCCCCCCCCCCCCCCCC(=O)N[C@@H](C(=O)O)[C@H](O)CCCCCCCCCCCCCCC. The minimum atomic E-state index is -1.20. The maximum Gasteiger partial charge on any atom is 0.328 e. The van der Waals surface area contributed by atoms with Crippen LogP contribution in [0.15, 0.2) is 0 Å². The highest BCUT2D eigenvalue weighted by Crippen LogP contribution is 2.16. The zero-order valence-corrected chi connectivity index (χ0v) is 27.6. The summed E-state index contributed by atoms with van der Waals surface area (Å²) in [7, 11) is 0. The highest BCUT2D eigenvalue weighted by Gasteiger charge is 2.27. The van der Waals surface area contributed by atoms with Crippen LogP contribution in [0.25, 0.3) is 0 Å². The van der Waals surface area contributed by atoms with Gasteiger partial charge in [-0.15, -0.1) is 0 Å². The van der Waals surface area contributed by atoms with E-state index in [0.29, 0.717) is 12.8 Å². The summed E-state index contributed by atoms with van der Waals surface area (Å²) in [6.45, 7) is 4.52. The lowest BCUT2D eigenvalue weighted by Gasteiger charge is -2.20. The van der Waals surface area contributed by atoms with Crippen LogP contribution < -0.4 is 5.32 Å². The van der Waals surface area contributed by atoms with Crippen molar-refractivity contribution in [2.45, 2.75) is 219 Å². The summed E-state index contributed by atoms with van der Waals surface area (Å²) in [5.41, 5.74) is 0. The number of nitrogens with one attached hydrogen (secondary N) is 1. The molecule has 41 heavy (non-hydrogen) atoms. The molecule has 0 aromatic carbocycles. The average Bonchev–Trinajstić information content (AvgIpc) is 2.96. The van der Waals surface area contributed by atoms with Crippen LogP contribution in [-0.2, 0) is 9.59 Å². The van der Waals surface area contributed by atoms with Gasteiger partial charge < -0.3 is 15.5 Å². The fourth-order valence-electron chi connectivity index (χ4n) is 5.76. The molecule has 0 fully saturated rings. The molecule has 0 rings (SSSR count). The van der Waals surface area contributed by atoms with Crippen molar-refractivity contribution in [3.8, 4) is 0 Å². The van der Waals surface area contributed by atoms with Crippen molar-refractivity contribution in [3.63, 3.8) is 0 Å². The number of aliphatic hydroxyl groups is 1. The van der Waals surface area contributed by atoms with E-state index in [0.717, 1.165) is 38.5 Å². The van der Waals surface area contributed by atoms with Gasteiger partial charge in [0, 0.05) is 6.42 Å². The number of unbranched alkanes of at least 4 members (excludes halogenated alkanes) is 26. The van der Waals surface area contributed by atoms with Gasteiger partial charge in [-0.3, -0.25) is 4.79 Å². The van der Waals surface area contributed by atoms with Gasteiger partial charge in [0.05, 0.1) is 6.10 Å². The first-order valence-electron chi connectivity index (χ1n) is 18.2. The standard InChI is InChI=1S/C36H71NO4/c1-3-5-7-9-11-13-15-17-18-20-22-24-26-28-30-32-34(39)37-35(36(40)41)33(38)31-29-27-25-23-21-19-16-14-12-10-8-6-4-2/h33,35,38H,3-32H2,1-2H3,(H,37,39)(H,40,41)/t33-,35-/m1/s1. The van der Waals surface area contributed by atoms with Crippen LogP contribution in [-0.4, -0.2) is 34.2 Å². The molecule has 0 unspecified atom stereocenters. The Morgan fingerprint density at radius 1 is 0.488 bits per heavy atom. The largest absolute Gasteiger partial charge is 0.480 e. The topological polar surface area (TPSA) is 86.6 Å². The van der Waals surface area contributed by atoms with Crippen molar-refractivity contribution < 1.29 is 19.8 Å². The van der Waals surface area contributed by atoms with Crippen molar-refractivity contribution in [2.24, 2.45) is 0 Å². The first-order valence-corrected chi connectivity index (χ1v) is 18.2. The zero-order chi connectivity index (χ0) is 30.2. The molecule has 0 aliphatic rings. The van der Waals surface area contributed by atoms with Crippen molar-refractivity contribution >= 4 is 11.9 Å². The highest BCUT2D eigenvalue weighted by atomic mass is 16.4. The van der Waals surface area contributed by atoms with Crippen LogP contribution >= 0.6 is 0 Å². The Labute approximate surface area is 255 Å². The van der Waals surface area contributed by atoms with E-state index >= 15 is 0 Å². The van der Waals surface area contributed by atoms with Gasteiger partial charge >= 0.3 is 5.97 Å². The fraction of sp³-hybridized carbons (Fsp3) is 0.944. The Morgan fingerprint density at radius 2 is 0.780 bits per heavy atom. The van der Waals surface area contributed by atoms with Crippen LogP contribution in [0, 0.1) is 0 Å². The summed E-state index contributed by atoms with van der Waals surface area (Å²) in [6.07, 6.45) is 35.1. The molecule has 1 amide bonds. The molecule has 0 aromatic heterocycles. The third-order valence-electron chi connectivity index (χ3n) is 8.58. The predicted octanol–water partition coefficient (Wildman–Crippen LogP) is 10.7. The predicted molar refractivity (Wildman–Crippen MR) is 175 cm³/mol. The second-order valence-corrected chi connectivity index (χ2v) is 12.7. The van der Waals surface area contributed by atoms with E-state index in [4.69, 9.17) is 0 Å². The number of amides is 1. The molecular formula is C36H71NO4. The second-order valence-electron chi connectivity index (χ2n) is 12.7. The molecule has 0 aliphatic heterocycles. The van der Waals surface area contributed by atoms with Crippen molar-refractivity contribution in [2.75, 3.05) is 0 Å². The Balaban J connectivity index is 3.66. The van der Waals surface area contributed by atoms with E-state index in [1.165, 1.54) is 141 Å². The molecule has 244 valence electrons. The molecule has 0 aromatic rings. The highest BCUT2D eigenvalue weighted by molar-refractivity contribution is 5.83. The van der Waals surface area contributed by atoms with Crippen LogP contribution in [0.1, 0.15) is 206 Å². The summed E-state index contributed by atoms with van der Waals surface area (Å²) in [6, 6.07) is -1.20. The van der Waals surface area contributed by atoms with Gasteiger partial charge in [-0.25, -0.2) is 4.79 Å². The number of aliphatic hydroxyl groups excluding tert-OH is 1. The van der Waals surface area contributed by atoms with E-state index in [9.17, 15) is 19.8 Å². The number of carbonyl (C=O) groups is 2. The van der Waals surface area contributed by atoms with Crippen LogP contribution in [0.3, 0.4) is 0 Å². The Morgan fingerprint density at radius 3 is 1.10 bits per heavy atom. The molecule has 0 saturated carbocycles. The quantitative estimate of drug-likeness (QED) is 0.0673. The zero-order valence-electron chi connectivity index (χ0n) is 27.6. The molecule has 2 atom stereocenters. The number of rotatable bonds is 33. The van der Waals surface area contributed by atoms with E-state index in [1.54, 1.807) is 0 Å². The number of hydrogen-bond acceptors (Lipinski definition) is 3. The molecular weight excluding hydrogens is 510 g/mol. The lowest BCUT2D eigenvalue weighted by molar-refractivity contribution is -0.145. The second kappa shape index (κ2) is 31.8. The van der Waals surface area contributed by atoms with Gasteiger partial charge in [-0.05, 0) is 12.8 Å². The average molecular weight is 582 g/mol. The molecule has 0 aliphatic carbocycles. The van der Waals surface area contributed by atoms with E-state index in [-0.39, 0.29) is 5.91 Å². The third kappa shape index (κ3) is 28.8. The smallest absolute Gasteiger partial charge is 0.328 e. The van der Waals surface area contributed by atoms with Gasteiger partial charge in [0.1, 0.15) is 0 Å².